The molecule has 2 aromatic rings. The average molecular weight is 386 g/mol. The summed E-state index contributed by atoms with van der Waals surface area (Å²) in [5, 5.41) is 3.52. The molecular weight excluding hydrogens is 362 g/mol. The SMILES string of the molecule is CC(C)C(=O)Nc1ccc(N2CCN(C(=O)c3ccc(Cl)cc3)CC2)cc1. The molecule has 0 spiro atoms. The molecule has 0 aromatic heterocycles. The quantitative estimate of drug-likeness (QED) is 0.868. The Bertz CT molecular complexity index is 795. The van der Waals surface area contributed by atoms with Crippen molar-refractivity contribution in [1.29, 1.82) is 0 Å². The molecule has 1 saturated heterocycles. The topological polar surface area (TPSA) is 52.7 Å². The third kappa shape index (κ3) is 4.80. The first-order valence-corrected chi connectivity index (χ1v) is 9.52. The summed E-state index contributed by atoms with van der Waals surface area (Å²) in [6.45, 7) is 6.64. The fourth-order valence-electron chi connectivity index (χ4n) is 2.98. The fourth-order valence-corrected chi connectivity index (χ4v) is 3.11. The third-order valence-electron chi connectivity index (χ3n) is 4.68. The van der Waals surface area contributed by atoms with Crippen LogP contribution in [-0.4, -0.2) is 42.9 Å². The zero-order chi connectivity index (χ0) is 19.4. The number of nitrogens with one attached hydrogen (secondary N) is 1. The van der Waals surface area contributed by atoms with Crippen LogP contribution in [0.4, 0.5) is 11.4 Å². The van der Waals surface area contributed by atoms with E-state index in [0.29, 0.717) is 23.7 Å². The zero-order valence-corrected chi connectivity index (χ0v) is 16.4. The number of carbonyl (C=O) groups is 2. The van der Waals surface area contributed by atoms with Crippen LogP contribution in [0.3, 0.4) is 0 Å². The third-order valence-corrected chi connectivity index (χ3v) is 4.93. The molecule has 1 fully saturated rings. The predicted molar refractivity (Wildman–Crippen MR) is 109 cm³/mol. The minimum Gasteiger partial charge on any atom is -0.368 e. The van der Waals surface area contributed by atoms with E-state index in [1.165, 1.54) is 0 Å². The molecule has 0 atom stereocenters. The first-order valence-electron chi connectivity index (χ1n) is 9.15. The van der Waals surface area contributed by atoms with Crippen LogP contribution in [0.5, 0.6) is 0 Å². The van der Waals surface area contributed by atoms with Crippen molar-refractivity contribution < 1.29 is 9.59 Å². The minimum atomic E-state index is -0.0454. The van der Waals surface area contributed by atoms with Gasteiger partial charge >= 0.3 is 0 Å². The number of benzene rings is 2. The van der Waals surface area contributed by atoms with Crippen molar-refractivity contribution in [3.05, 3.63) is 59.1 Å². The van der Waals surface area contributed by atoms with Crippen LogP contribution < -0.4 is 10.2 Å². The summed E-state index contributed by atoms with van der Waals surface area (Å²) < 4.78 is 0. The Hall–Kier alpha value is -2.53. The molecule has 2 amide bonds. The lowest BCUT2D eigenvalue weighted by molar-refractivity contribution is -0.118. The molecule has 0 radical (unpaired) electrons. The largest absolute Gasteiger partial charge is 0.368 e. The van der Waals surface area contributed by atoms with Crippen LogP contribution in [-0.2, 0) is 4.79 Å². The molecule has 142 valence electrons. The van der Waals surface area contributed by atoms with Gasteiger partial charge in [-0.25, -0.2) is 0 Å². The van der Waals surface area contributed by atoms with Crippen LogP contribution in [0.15, 0.2) is 48.5 Å². The number of piperazine rings is 1. The van der Waals surface area contributed by atoms with Crippen molar-refractivity contribution in [2.75, 3.05) is 36.4 Å². The maximum absolute atomic E-state index is 12.6. The lowest BCUT2D eigenvalue weighted by Crippen LogP contribution is -2.48. The van der Waals surface area contributed by atoms with E-state index >= 15 is 0 Å². The van der Waals surface area contributed by atoms with Crippen LogP contribution in [0, 0.1) is 5.92 Å². The highest BCUT2D eigenvalue weighted by atomic mass is 35.5. The first kappa shape index (κ1) is 19.2. The predicted octanol–water partition coefficient (Wildman–Crippen LogP) is 3.90. The van der Waals surface area contributed by atoms with Crippen molar-refractivity contribution in [2.24, 2.45) is 5.92 Å². The Labute approximate surface area is 164 Å². The standard InChI is InChI=1S/C21H24ClN3O2/c1-15(2)20(26)23-18-7-9-19(10-8-18)24-11-13-25(14-12-24)21(27)16-3-5-17(22)6-4-16/h3-10,15H,11-14H2,1-2H3,(H,23,26). The van der Waals surface area contributed by atoms with Crippen LogP contribution >= 0.6 is 11.6 Å². The lowest BCUT2D eigenvalue weighted by Gasteiger charge is -2.36. The van der Waals surface area contributed by atoms with Gasteiger partial charge < -0.3 is 15.1 Å². The number of hydrogen-bond donors (Lipinski definition) is 1. The number of nitrogens with zero attached hydrogens (tertiary/aromatic N) is 2. The van der Waals surface area contributed by atoms with Gasteiger partial charge in [-0.15, -0.1) is 0 Å². The molecule has 0 aliphatic carbocycles. The van der Waals surface area contributed by atoms with E-state index in [9.17, 15) is 9.59 Å². The molecule has 6 heteroatoms. The highest BCUT2D eigenvalue weighted by Crippen LogP contribution is 2.21. The molecule has 1 N–H and O–H groups in total. The van der Waals surface area contributed by atoms with Gasteiger partial charge in [0.2, 0.25) is 5.91 Å². The van der Waals surface area contributed by atoms with Crippen molar-refractivity contribution in [3.8, 4) is 0 Å². The summed E-state index contributed by atoms with van der Waals surface area (Å²) >= 11 is 5.89. The number of halogens is 1. The Morgan fingerprint density at radius 1 is 0.926 bits per heavy atom. The Morgan fingerprint density at radius 2 is 1.52 bits per heavy atom. The number of hydrogen-bond acceptors (Lipinski definition) is 3. The van der Waals surface area contributed by atoms with Gasteiger partial charge in [0, 0.05) is 54.1 Å². The van der Waals surface area contributed by atoms with Gasteiger partial charge in [-0.3, -0.25) is 9.59 Å². The number of rotatable bonds is 4. The smallest absolute Gasteiger partial charge is 0.253 e. The van der Waals surface area contributed by atoms with Gasteiger partial charge in [0.1, 0.15) is 0 Å². The van der Waals surface area contributed by atoms with Gasteiger partial charge in [-0.05, 0) is 48.5 Å². The summed E-state index contributed by atoms with van der Waals surface area (Å²) in [7, 11) is 0. The molecule has 27 heavy (non-hydrogen) atoms. The zero-order valence-electron chi connectivity index (χ0n) is 15.6. The minimum absolute atomic E-state index is 0.0112. The summed E-state index contributed by atoms with van der Waals surface area (Å²) in [5.41, 5.74) is 2.56. The second kappa shape index (κ2) is 8.44. The highest BCUT2D eigenvalue weighted by Gasteiger charge is 2.22. The van der Waals surface area contributed by atoms with Gasteiger partial charge in [0.15, 0.2) is 0 Å². The highest BCUT2D eigenvalue weighted by molar-refractivity contribution is 6.30. The lowest BCUT2D eigenvalue weighted by atomic mass is 10.1. The van der Waals surface area contributed by atoms with Gasteiger partial charge in [0.05, 0.1) is 0 Å². The first-order chi connectivity index (χ1) is 12.9. The van der Waals surface area contributed by atoms with Gasteiger partial charge in [-0.2, -0.15) is 0 Å². The fraction of sp³-hybridized carbons (Fsp3) is 0.333. The van der Waals surface area contributed by atoms with E-state index in [0.717, 1.165) is 24.5 Å². The molecule has 5 nitrogen and oxygen atoms in total. The number of carbonyl (C=O) groups excluding carboxylic acids is 2. The average Bonchev–Trinajstić information content (AvgIpc) is 2.69. The van der Waals surface area contributed by atoms with Crippen LogP contribution in [0.1, 0.15) is 24.2 Å². The maximum Gasteiger partial charge on any atom is 0.253 e. The Morgan fingerprint density at radius 3 is 2.07 bits per heavy atom. The summed E-state index contributed by atoms with van der Waals surface area (Å²) in [6.07, 6.45) is 0. The molecule has 1 aliphatic rings. The molecule has 0 unspecified atom stereocenters. The molecule has 0 saturated carbocycles. The maximum atomic E-state index is 12.6. The molecule has 1 aliphatic heterocycles. The summed E-state index contributed by atoms with van der Waals surface area (Å²) in [4.78, 5) is 28.5. The van der Waals surface area contributed by atoms with Crippen molar-refractivity contribution in [2.45, 2.75) is 13.8 Å². The van der Waals surface area contributed by atoms with Crippen molar-refractivity contribution >= 4 is 34.8 Å². The van der Waals surface area contributed by atoms with E-state index in [2.05, 4.69) is 10.2 Å². The van der Waals surface area contributed by atoms with Gasteiger partial charge in [-0.1, -0.05) is 25.4 Å². The molecule has 2 aromatic carbocycles. The number of anilines is 2. The van der Waals surface area contributed by atoms with E-state index in [1.54, 1.807) is 24.3 Å². The Kier molecular flexibility index (Phi) is 6.01. The monoisotopic (exact) mass is 385 g/mol. The number of amides is 2. The van der Waals surface area contributed by atoms with E-state index in [1.807, 2.05) is 43.0 Å². The molecule has 3 rings (SSSR count). The van der Waals surface area contributed by atoms with E-state index in [-0.39, 0.29) is 17.7 Å². The van der Waals surface area contributed by atoms with Gasteiger partial charge in [0.25, 0.3) is 5.91 Å². The van der Waals surface area contributed by atoms with Crippen LogP contribution in [0.2, 0.25) is 5.02 Å². The molecular formula is C21H24ClN3O2. The van der Waals surface area contributed by atoms with Crippen molar-refractivity contribution in [3.63, 3.8) is 0 Å². The summed E-state index contributed by atoms with van der Waals surface area (Å²) in [6, 6.07) is 14.9. The second-order valence-electron chi connectivity index (χ2n) is 6.98. The van der Waals surface area contributed by atoms with Crippen molar-refractivity contribution in [1.82, 2.24) is 4.90 Å². The Balaban J connectivity index is 1.56. The van der Waals surface area contributed by atoms with E-state index in [4.69, 9.17) is 11.6 Å². The summed E-state index contributed by atoms with van der Waals surface area (Å²) in [5.74, 6) is 0.00562. The van der Waals surface area contributed by atoms with E-state index < -0.39 is 0 Å². The molecule has 0 bridgehead atoms. The van der Waals surface area contributed by atoms with Crippen LogP contribution in [0.25, 0.3) is 0 Å². The normalized spacial score (nSPS) is 14.4. The molecule has 1 heterocycles. The second-order valence-corrected chi connectivity index (χ2v) is 7.41.